The van der Waals surface area contributed by atoms with Crippen molar-refractivity contribution in [2.75, 3.05) is 0 Å². The summed E-state index contributed by atoms with van der Waals surface area (Å²) in [6, 6.07) is 2.02. The molecular weight excluding hydrogens is 314 g/mol. The van der Waals surface area contributed by atoms with Gasteiger partial charge in [-0.05, 0) is 36.4 Å². The van der Waals surface area contributed by atoms with Gasteiger partial charge in [-0.15, -0.1) is 0 Å². The van der Waals surface area contributed by atoms with Gasteiger partial charge in [0.15, 0.2) is 23.1 Å². The lowest BCUT2D eigenvalue weighted by atomic mass is 9.95. The van der Waals surface area contributed by atoms with Gasteiger partial charge in [0.1, 0.15) is 0 Å². The van der Waals surface area contributed by atoms with Gasteiger partial charge in [-0.1, -0.05) is 0 Å². The van der Waals surface area contributed by atoms with Crippen LogP contribution in [0.1, 0.15) is 11.1 Å². The van der Waals surface area contributed by atoms with E-state index in [-0.39, 0.29) is 12.1 Å². The van der Waals surface area contributed by atoms with Crippen LogP contribution in [-0.4, -0.2) is 10.2 Å². The summed E-state index contributed by atoms with van der Waals surface area (Å²) in [4.78, 5) is 0. The van der Waals surface area contributed by atoms with Crippen molar-refractivity contribution < 1.29 is 36.6 Å². The standard InChI is InChI=1S/C14H8F6O2/c15-9-5-7(1-3-11(9)21)13(17,18)14(19,20)8-2-4-12(22)10(16)6-8/h1-6,21-22H. The Hall–Kier alpha value is -2.38. The first kappa shape index (κ1) is 16.0. The lowest BCUT2D eigenvalue weighted by Gasteiger charge is -2.27. The number of rotatable bonds is 3. The number of phenols is 2. The molecule has 0 aliphatic heterocycles. The minimum Gasteiger partial charge on any atom is -0.505 e. The number of hydrogen-bond donors (Lipinski definition) is 2. The molecule has 2 aromatic carbocycles. The topological polar surface area (TPSA) is 40.5 Å². The third kappa shape index (κ3) is 2.44. The molecule has 2 nitrogen and oxygen atoms in total. The molecule has 0 atom stereocenters. The first-order chi connectivity index (χ1) is 10.1. The molecule has 118 valence electrons. The zero-order chi connectivity index (χ0) is 16.7. The van der Waals surface area contributed by atoms with Crippen molar-refractivity contribution in [3.63, 3.8) is 0 Å². The predicted molar refractivity (Wildman–Crippen MR) is 63.9 cm³/mol. The predicted octanol–water partition coefficient (Wildman–Crippen LogP) is 4.26. The second kappa shape index (κ2) is 5.11. The van der Waals surface area contributed by atoms with Crippen LogP contribution in [0.15, 0.2) is 36.4 Å². The fourth-order valence-electron chi connectivity index (χ4n) is 1.77. The Morgan fingerprint density at radius 2 is 0.955 bits per heavy atom. The van der Waals surface area contributed by atoms with E-state index in [1.165, 1.54) is 0 Å². The molecule has 0 spiro atoms. The van der Waals surface area contributed by atoms with Gasteiger partial charge in [0, 0.05) is 11.1 Å². The van der Waals surface area contributed by atoms with Gasteiger partial charge in [-0.3, -0.25) is 0 Å². The van der Waals surface area contributed by atoms with Crippen LogP contribution < -0.4 is 0 Å². The molecule has 0 aliphatic carbocycles. The number of halogens is 6. The van der Waals surface area contributed by atoms with Crippen LogP contribution in [0.5, 0.6) is 11.5 Å². The van der Waals surface area contributed by atoms with Crippen molar-refractivity contribution in [1.29, 1.82) is 0 Å². The van der Waals surface area contributed by atoms with Gasteiger partial charge < -0.3 is 10.2 Å². The number of phenolic OH excluding ortho intramolecular Hbond substituents is 2. The van der Waals surface area contributed by atoms with Gasteiger partial charge in [0.05, 0.1) is 0 Å². The zero-order valence-electron chi connectivity index (χ0n) is 10.6. The van der Waals surface area contributed by atoms with Crippen LogP contribution >= 0.6 is 0 Å². The summed E-state index contributed by atoms with van der Waals surface area (Å²) in [5.74, 6) is -14.7. The van der Waals surface area contributed by atoms with Crippen LogP contribution in [0, 0.1) is 11.6 Å². The molecule has 22 heavy (non-hydrogen) atoms. The lowest BCUT2D eigenvalue weighted by molar-refractivity contribution is -0.224. The average Bonchev–Trinajstić information content (AvgIpc) is 2.44. The summed E-state index contributed by atoms with van der Waals surface area (Å²) in [6.45, 7) is 0. The van der Waals surface area contributed by atoms with E-state index in [2.05, 4.69) is 0 Å². The second-order valence-electron chi connectivity index (χ2n) is 4.48. The average molecular weight is 322 g/mol. The van der Waals surface area contributed by atoms with Gasteiger partial charge in [-0.2, -0.15) is 17.6 Å². The minimum atomic E-state index is -4.87. The Kier molecular flexibility index (Phi) is 3.72. The van der Waals surface area contributed by atoms with E-state index >= 15 is 0 Å². The highest BCUT2D eigenvalue weighted by molar-refractivity contribution is 5.36. The molecule has 0 radical (unpaired) electrons. The van der Waals surface area contributed by atoms with Gasteiger partial charge in [0.25, 0.3) is 0 Å². The Balaban J connectivity index is 2.53. The molecule has 0 fully saturated rings. The maximum atomic E-state index is 14.0. The van der Waals surface area contributed by atoms with Crippen molar-refractivity contribution in [1.82, 2.24) is 0 Å². The maximum Gasteiger partial charge on any atom is 0.339 e. The van der Waals surface area contributed by atoms with E-state index in [1.807, 2.05) is 0 Å². The molecule has 0 saturated heterocycles. The lowest BCUT2D eigenvalue weighted by Crippen LogP contribution is -2.35. The summed E-state index contributed by atoms with van der Waals surface area (Å²) in [7, 11) is 0. The maximum absolute atomic E-state index is 14.0. The highest BCUT2D eigenvalue weighted by Gasteiger charge is 2.58. The second-order valence-corrected chi connectivity index (χ2v) is 4.48. The van der Waals surface area contributed by atoms with Gasteiger partial charge in [-0.25, -0.2) is 8.78 Å². The van der Waals surface area contributed by atoms with E-state index < -0.39 is 46.1 Å². The van der Waals surface area contributed by atoms with E-state index in [9.17, 15) is 26.3 Å². The van der Waals surface area contributed by atoms with E-state index in [0.29, 0.717) is 24.3 Å². The van der Waals surface area contributed by atoms with Crippen LogP contribution in [-0.2, 0) is 11.8 Å². The Labute approximate surface area is 120 Å². The van der Waals surface area contributed by atoms with Gasteiger partial charge >= 0.3 is 11.8 Å². The largest absolute Gasteiger partial charge is 0.505 e. The molecule has 0 heterocycles. The number of alkyl halides is 4. The molecule has 0 aromatic heterocycles. The normalized spacial score (nSPS) is 12.5. The van der Waals surface area contributed by atoms with Gasteiger partial charge in [0.2, 0.25) is 0 Å². The van der Waals surface area contributed by atoms with E-state index in [0.717, 1.165) is 0 Å². The third-order valence-electron chi connectivity index (χ3n) is 3.01. The van der Waals surface area contributed by atoms with E-state index in [1.54, 1.807) is 0 Å². The molecule has 0 amide bonds. The summed E-state index contributed by atoms with van der Waals surface area (Å²) in [5, 5.41) is 17.8. The molecule has 2 N–H and O–H groups in total. The fourth-order valence-corrected chi connectivity index (χ4v) is 1.77. The number of hydrogen-bond acceptors (Lipinski definition) is 2. The summed E-state index contributed by atoms with van der Waals surface area (Å²) >= 11 is 0. The molecule has 2 rings (SSSR count). The molecule has 2 aromatic rings. The Morgan fingerprint density at radius 1 is 0.636 bits per heavy atom. The summed E-state index contributed by atoms with van der Waals surface area (Å²) in [5.41, 5.74) is -2.78. The molecular formula is C14H8F6O2. The minimum absolute atomic E-state index is 0.0695. The number of aromatic hydroxyl groups is 2. The first-order valence-corrected chi connectivity index (χ1v) is 5.81. The van der Waals surface area contributed by atoms with Crippen molar-refractivity contribution in [3.8, 4) is 11.5 Å². The fraction of sp³-hybridized carbons (Fsp3) is 0.143. The smallest absolute Gasteiger partial charge is 0.339 e. The van der Waals surface area contributed by atoms with Crippen LogP contribution in [0.3, 0.4) is 0 Å². The van der Waals surface area contributed by atoms with Crippen molar-refractivity contribution in [2.45, 2.75) is 11.8 Å². The Bertz CT molecular complexity index is 653. The first-order valence-electron chi connectivity index (χ1n) is 5.81. The van der Waals surface area contributed by atoms with Crippen molar-refractivity contribution in [2.24, 2.45) is 0 Å². The quantitative estimate of drug-likeness (QED) is 0.829. The SMILES string of the molecule is Oc1ccc(C(F)(F)C(F)(F)c2ccc(O)c(F)c2)cc1F. The van der Waals surface area contributed by atoms with Crippen molar-refractivity contribution in [3.05, 3.63) is 59.2 Å². The molecule has 0 aliphatic rings. The van der Waals surface area contributed by atoms with Crippen LogP contribution in [0.4, 0.5) is 26.3 Å². The zero-order valence-corrected chi connectivity index (χ0v) is 10.6. The molecule has 0 saturated carbocycles. The highest BCUT2D eigenvalue weighted by atomic mass is 19.3. The van der Waals surface area contributed by atoms with E-state index in [4.69, 9.17) is 10.2 Å². The molecule has 0 bridgehead atoms. The van der Waals surface area contributed by atoms with Crippen molar-refractivity contribution >= 4 is 0 Å². The third-order valence-corrected chi connectivity index (χ3v) is 3.01. The summed E-state index contributed by atoms with van der Waals surface area (Å²) < 4.78 is 82.1. The highest BCUT2D eigenvalue weighted by Crippen LogP contribution is 2.50. The summed E-state index contributed by atoms with van der Waals surface area (Å²) in [6.07, 6.45) is 0. The van der Waals surface area contributed by atoms with Crippen LogP contribution in [0.2, 0.25) is 0 Å². The monoisotopic (exact) mass is 322 g/mol. The Morgan fingerprint density at radius 3 is 1.23 bits per heavy atom. The molecule has 0 unspecified atom stereocenters. The molecule has 8 heteroatoms. The number of benzene rings is 2. The van der Waals surface area contributed by atoms with Crippen LogP contribution in [0.25, 0.3) is 0 Å².